The Kier molecular flexibility index (Phi) is 7.20. The molecule has 0 bridgehead atoms. The largest absolute Gasteiger partial charge is 0.381 e. The third-order valence-electron chi connectivity index (χ3n) is 2.20. The number of hydrogen-bond donors (Lipinski definition) is 1. The van der Waals surface area contributed by atoms with Crippen LogP contribution in [-0.2, 0) is 4.74 Å². The minimum atomic E-state index is 0.303. The van der Waals surface area contributed by atoms with Crippen LogP contribution in [0, 0.1) is 5.41 Å². The average molecular weight is 201 g/mol. The lowest BCUT2D eigenvalue weighted by molar-refractivity contribution is 0.0581. The monoisotopic (exact) mass is 201 g/mol. The zero-order chi connectivity index (χ0) is 11.0. The van der Waals surface area contributed by atoms with E-state index in [1.807, 2.05) is 0 Å². The smallest absolute Gasteiger partial charge is 0.0517 e. The van der Waals surface area contributed by atoms with E-state index in [9.17, 15) is 0 Å². The van der Waals surface area contributed by atoms with E-state index >= 15 is 0 Å². The van der Waals surface area contributed by atoms with Crippen molar-refractivity contribution in [3.05, 3.63) is 0 Å². The fraction of sp³-hybridized carbons (Fsp3) is 1.00. The van der Waals surface area contributed by atoms with E-state index in [0.717, 1.165) is 26.2 Å². The highest BCUT2D eigenvalue weighted by molar-refractivity contribution is 4.69. The minimum absolute atomic E-state index is 0.303. The molecule has 0 aliphatic carbocycles. The van der Waals surface area contributed by atoms with Crippen LogP contribution in [0.4, 0.5) is 0 Å². The van der Waals surface area contributed by atoms with Gasteiger partial charge in [-0.1, -0.05) is 34.6 Å². The van der Waals surface area contributed by atoms with E-state index < -0.39 is 0 Å². The second-order valence-corrected chi connectivity index (χ2v) is 5.08. The topological polar surface area (TPSA) is 21.3 Å². The molecule has 14 heavy (non-hydrogen) atoms. The molecule has 0 aliphatic heterocycles. The van der Waals surface area contributed by atoms with Gasteiger partial charge in [0, 0.05) is 12.6 Å². The molecule has 0 unspecified atom stereocenters. The fourth-order valence-electron chi connectivity index (χ4n) is 1.26. The van der Waals surface area contributed by atoms with Crippen molar-refractivity contribution in [2.24, 2.45) is 5.41 Å². The van der Waals surface area contributed by atoms with Crippen LogP contribution in [0.25, 0.3) is 0 Å². The van der Waals surface area contributed by atoms with Gasteiger partial charge in [-0.2, -0.15) is 0 Å². The molecule has 2 nitrogen and oxygen atoms in total. The van der Waals surface area contributed by atoms with Gasteiger partial charge in [0.1, 0.15) is 0 Å². The van der Waals surface area contributed by atoms with Crippen LogP contribution in [0.1, 0.15) is 47.5 Å². The molecule has 86 valence electrons. The Labute approximate surface area is 89.4 Å². The maximum Gasteiger partial charge on any atom is 0.0517 e. The van der Waals surface area contributed by atoms with Crippen molar-refractivity contribution in [2.45, 2.75) is 53.5 Å². The van der Waals surface area contributed by atoms with Gasteiger partial charge in [-0.3, -0.25) is 0 Å². The summed E-state index contributed by atoms with van der Waals surface area (Å²) in [5.41, 5.74) is 0.303. The molecule has 0 saturated heterocycles. The Morgan fingerprint density at radius 3 is 2.43 bits per heavy atom. The molecule has 0 amide bonds. The number of nitrogens with one attached hydrogen (secondary N) is 1. The van der Waals surface area contributed by atoms with E-state index in [2.05, 4.69) is 39.9 Å². The molecule has 0 rings (SSSR count). The molecule has 0 aromatic carbocycles. The third kappa shape index (κ3) is 8.52. The lowest BCUT2D eigenvalue weighted by atomic mass is 9.90. The molecule has 2 heteroatoms. The average Bonchev–Trinajstić information content (AvgIpc) is 2.03. The molecule has 0 saturated carbocycles. The molecular weight excluding hydrogens is 174 g/mol. The summed E-state index contributed by atoms with van der Waals surface area (Å²) >= 11 is 0. The molecule has 0 fully saturated rings. The van der Waals surface area contributed by atoms with Crippen LogP contribution in [0.2, 0.25) is 0 Å². The third-order valence-corrected chi connectivity index (χ3v) is 2.20. The highest BCUT2D eigenvalue weighted by atomic mass is 16.5. The van der Waals surface area contributed by atoms with Crippen molar-refractivity contribution in [1.29, 1.82) is 0 Å². The van der Waals surface area contributed by atoms with Gasteiger partial charge >= 0.3 is 0 Å². The second kappa shape index (κ2) is 7.24. The van der Waals surface area contributed by atoms with E-state index in [1.54, 1.807) is 0 Å². The summed E-state index contributed by atoms with van der Waals surface area (Å²) in [6.45, 7) is 13.9. The van der Waals surface area contributed by atoms with Gasteiger partial charge in [0.2, 0.25) is 0 Å². The van der Waals surface area contributed by atoms with Crippen molar-refractivity contribution in [2.75, 3.05) is 19.8 Å². The van der Waals surface area contributed by atoms with Gasteiger partial charge in [-0.25, -0.2) is 0 Å². The summed E-state index contributed by atoms with van der Waals surface area (Å²) in [5, 5.41) is 3.44. The number of rotatable bonds is 8. The van der Waals surface area contributed by atoms with Crippen LogP contribution < -0.4 is 5.32 Å². The standard InChI is InChI=1S/C12H27NO/c1-6-9-14-10-12(4,5)7-8-13-11(2)3/h11,13H,6-10H2,1-5H3. The first-order chi connectivity index (χ1) is 6.48. The van der Waals surface area contributed by atoms with Crippen molar-refractivity contribution < 1.29 is 4.74 Å². The summed E-state index contributed by atoms with van der Waals surface area (Å²) < 4.78 is 5.58. The zero-order valence-electron chi connectivity index (χ0n) is 10.5. The van der Waals surface area contributed by atoms with Crippen LogP contribution in [0.3, 0.4) is 0 Å². The predicted molar refractivity (Wildman–Crippen MR) is 62.6 cm³/mol. The maximum absolute atomic E-state index is 5.58. The molecule has 0 spiro atoms. The van der Waals surface area contributed by atoms with Crippen molar-refractivity contribution in [3.63, 3.8) is 0 Å². The Morgan fingerprint density at radius 1 is 1.29 bits per heavy atom. The molecule has 0 aromatic rings. The summed E-state index contributed by atoms with van der Waals surface area (Å²) in [6.07, 6.45) is 2.29. The van der Waals surface area contributed by atoms with E-state index in [-0.39, 0.29) is 0 Å². The summed E-state index contributed by atoms with van der Waals surface area (Å²) in [4.78, 5) is 0. The summed E-state index contributed by atoms with van der Waals surface area (Å²) in [6, 6.07) is 0.586. The molecule has 0 aliphatic rings. The molecule has 0 atom stereocenters. The van der Waals surface area contributed by atoms with Crippen LogP contribution in [0.5, 0.6) is 0 Å². The minimum Gasteiger partial charge on any atom is -0.381 e. The van der Waals surface area contributed by atoms with Crippen molar-refractivity contribution >= 4 is 0 Å². The Morgan fingerprint density at radius 2 is 1.93 bits per heavy atom. The quantitative estimate of drug-likeness (QED) is 0.610. The molecule has 0 aromatic heterocycles. The Bertz CT molecular complexity index is 132. The number of ether oxygens (including phenoxy) is 1. The van der Waals surface area contributed by atoms with Crippen LogP contribution >= 0.6 is 0 Å². The normalized spacial score (nSPS) is 12.4. The second-order valence-electron chi connectivity index (χ2n) is 5.08. The van der Waals surface area contributed by atoms with Gasteiger partial charge in [0.05, 0.1) is 6.61 Å². The lowest BCUT2D eigenvalue weighted by Crippen LogP contribution is -2.30. The lowest BCUT2D eigenvalue weighted by Gasteiger charge is -2.25. The zero-order valence-corrected chi connectivity index (χ0v) is 10.5. The SMILES string of the molecule is CCCOCC(C)(C)CCNC(C)C. The molecular formula is C12H27NO. The highest BCUT2D eigenvalue weighted by Gasteiger charge is 2.17. The summed E-state index contributed by atoms with van der Waals surface area (Å²) in [7, 11) is 0. The van der Waals surface area contributed by atoms with Crippen molar-refractivity contribution in [3.8, 4) is 0 Å². The highest BCUT2D eigenvalue weighted by Crippen LogP contribution is 2.19. The van der Waals surface area contributed by atoms with E-state index in [1.165, 1.54) is 6.42 Å². The molecule has 0 radical (unpaired) electrons. The Balaban J connectivity index is 3.50. The predicted octanol–water partition coefficient (Wildman–Crippen LogP) is 2.83. The van der Waals surface area contributed by atoms with Gasteiger partial charge in [0.25, 0.3) is 0 Å². The van der Waals surface area contributed by atoms with Crippen LogP contribution in [-0.4, -0.2) is 25.8 Å². The van der Waals surface area contributed by atoms with E-state index in [0.29, 0.717) is 11.5 Å². The van der Waals surface area contributed by atoms with Crippen LogP contribution in [0.15, 0.2) is 0 Å². The Hall–Kier alpha value is -0.0800. The maximum atomic E-state index is 5.58. The first-order valence-corrected chi connectivity index (χ1v) is 5.79. The fourth-order valence-corrected chi connectivity index (χ4v) is 1.26. The molecule has 0 heterocycles. The van der Waals surface area contributed by atoms with E-state index in [4.69, 9.17) is 4.74 Å². The number of hydrogen-bond acceptors (Lipinski definition) is 2. The van der Waals surface area contributed by atoms with Gasteiger partial charge in [-0.15, -0.1) is 0 Å². The molecule has 1 N–H and O–H groups in total. The first kappa shape index (κ1) is 13.9. The first-order valence-electron chi connectivity index (χ1n) is 5.79. The van der Waals surface area contributed by atoms with Gasteiger partial charge in [-0.05, 0) is 24.8 Å². The van der Waals surface area contributed by atoms with Gasteiger partial charge < -0.3 is 10.1 Å². The van der Waals surface area contributed by atoms with Gasteiger partial charge in [0.15, 0.2) is 0 Å². The van der Waals surface area contributed by atoms with Crippen molar-refractivity contribution in [1.82, 2.24) is 5.32 Å². The summed E-state index contributed by atoms with van der Waals surface area (Å²) in [5.74, 6) is 0.